The van der Waals surface area contributed by atoms with Crippen LogP contribution in [0.2, 0.25) is 0 Å². The zero-order valence-electron chi connectivity index (χ0n) is 13.6. The standard InChI is InChI=1S/C19H19N5O/c20-10-14(11-21)13-6-7-17-15(9-13)19(25)24-18(23-17)16(22)8-12-4-2-1-3-5-12/h1-7,9-11,16,20H,8,21-22H2,(H,23,24,25)/b14-11+,20-10?. The molecule has 3 rings (SSSR count). The van der Waals surface area contributed by atoms with Crippen LogP contribution in [0.5, 0.6) is 0 Å². The summed E-state index contributed by atoms with van der Waals surface area (Å²) in [4.78, 5) is 19.7. The van der Waals surface area contributed by atoms with E-state index >= 15 is 0 Å². The van der Waals surface area contributed by atoms with E-state index in [1.807, 2.05) is 30.3 Å². The Morgan fingerprint density at radius 2 is 2.00 bits per heavy atom. The highest BCUT2D eigenvalue weighted by Crippen LogP contribution is 2.18. The first kappa shape index (κ1) is 16.6. The average molecular weight is 333 g/mol. The fourth-order valence-corrected chi connectivity index (χ4v) is 2.70. The van der Waals surface area contributed by atoms with E-state index in [1.54, 1.807) is 18.2 Å². The number of rotatable bonds is 5. The summed E-state index contributed by atoms with van der Waals surface area (Å²) in [5, 5.41) is 7.80. The second kappa shape index (κ2) is 7.11. The molecule has 0 spiro atoms. The first-order valence-corrected chi connectivity index (χ1v) is 7.88. The molecule has 6 N–H and O–H groups in total. The number of hydrogen-bond acceptors (Lipinski definition) is 5. The number of benzene rings is 2. The second-order valence-electron chi connectivity index (χ2n) is 5.75. The Bertz CT molecular complexity index is 992. The molecule has 2 aromatic carbocycles. The molecule has 1 aromatic heterocycles. The highest BCUT2D eigenvalue weighted by atomic mass is 16.1. The summed E-state index contributed by atoms with van der Waals surface area (Å²) in [6.45, 7) is 0. The van der Waals surface area contributed by atoms with Crippen molar-refractivity contribution in [2.75, 3.05) is 0 Å². The Hall–Kier alpha value is -3.25. The monoisotopic (exact) mass is 333 g/mol. The molecule has 1 atom stereocenters. The third kappa shape index (κ3) is 3.49. The third-order valence-corrected chi connectivity index (χ3v) is 4.04. The van der Waals surface area contributed by atoms with Gasteiger partial charge in [-0.2, -0.15) is 0 Å². The summed E-state index contributed by atoms with van der Waals surface area (Å²) in [5.41, 5.74) is 14.3. The van der Waals surface area contributed by atoms with Gasteiger partial charge in [-0.15, -0.1) is 0 Å². The highest BCUT2D eigenvalue weighted by molar-refractivity contribution is 6.09. The van der Waals surface area contributed by atoms with Gasteiger partial charge in [0.15, 0.2) is 0 Å². The van der Waals surface area contributed by atoms with Crippen molar-refractivity contribution in [3.05, 3.63) is 82.0 Å². The van der Waals surface area contributed by atoms with Gasteiger partial charge in [-0.05, 0) is 29.7 Å². The predicted octanol–water partition coefficient (Wildman–Crippen LogP) is 2.11. The first-order valence-electron chi connectivity index (χ1n) is 7.88. The lowest BCUT2D eigenvalue weighted by Gasteiger charge is -2.12. The molecule has 0 bridgehead atoms. The lowest BCUT2D eigenvalue weighted by atomic mass is 10.0. The molecule has 6 heteroatoms. The summed E-state index contributed by atoms with van der Waals surface area (Å²) in [7, 11) is 0. The molecule has 25 heavy (non-hydrogen) atoms. The number of nitrogens with two attached hydrogens (primary N) is 2. The molecule has 0 saturated heterocycles. The summed E-state index contributed by atoms with van der Waals surface area (Å²) < 4.78 is 0. The van der Waals surface area contributed by atoms with Crippen LogP contribution >= 0.6 is 0 Å². The molecule has 0 aliphatic rings. The van der Waals surface area contributed by atoms with Gasteiger partial charge >= 0.3 is 0 Å². The maximum atomic E-state index is 12.4. The minimum absolute atomic E-state index is 0.258. The molecule has 1 unspecified atom stereocenters. The predicted molar refractivity (Wildman–Crippen MR) is 100 cm³/mol. The lowest BCUT2D eigenvalue weighted by Crippen LogP contribution is -2.21. The van der Waals surface area contributed by atoms with Gasteiger partial charge in [-0.1, -0.05) is 36.4 Å². The van der Waals surface area contributed by atoms with Crippen LogP contribution in [0.15, 0.2) is 59.5 Å². The van der Waals surface area contributed by atoms with E-state index in [0.29, 0.717) is 34.3 Å². The van der Waals surface area contributed by atoms with Crippen LogP contribution in [0.4, 0.5) is 0 Å². The first-order chi connectivity index (χ1) is 12.1. The molecule has 3 aromatic rings. The maximum absolute atomic E-state index is 12.4. The number of fused-ring (bicyclic) bond motifs is 1. The number of allylic oxidation sites excluding steroid dienone is 1. The fraction of sp³-hybridized carbons (Fsp3) is 0.105. The second-order valence-corrected chi connectivity index (χ2v) is 5.75. The molecule has 0 saturated carbocycles. The molecule has 1 heterocycles. The molecular weight excluding hydrogens is 314 g/mol. The normalized spacial score (nSPS) is 12.9. The number of aromatic amines is 1. The fourth-order valence-electron chi connectivity index (χ4n) is 2.70. The van der Waals surface area contributed by atoms with Crippen molar-refractivity contribution < 1.29 is 0 Å². The van der Waals surface area contributed by atoms with E-state index in [9.17, 15) is 4.79 Å². The van der Waals surface area contributed by atoms with Crippen LogP contribution in [0.3, 0.4) is 0 Å². The molecule has 6 nitrogen and oxygen atoms in total. The minimum Gasteiger partial charge on any atom is -0.404 e. The Morgan fingerprint density at radius 3 is 2.68 bits per heavy atom. The van der Waals surface area contributed by atoms with Crippen LogP contribution in [0.25, 0.3) is 16.5 Å². The van der Waals surface area contributed by atoms with Crippen LogP contribution in [-0.4, -0.2) is 16.2 Å². The van der Waals surface area contributed by atoms with E-state index < -0.39 is 6.04 Å². The van der Waals surface area contributed by atoms with E-state index in [1.165, 1.54) is 6.20 Å². The smallest absolute Gasteiger partial charge is 0.258 e. The van der Waals surface area contributed by atoms with Crippen LogP contribution < -0.4 is 17.0 Å². The SMILES string of the molecule is N=C/C(=C\N)c1ccc2nc(C(N)Cc3ccccc3)[nH]c(=O)c2c1. The van der Waals surface area contributed by atoms with Gasteiger partial charge in [0.25, 0.3) is 5.56 Å². The lowest BCUT2D eigenvalue weighted by molar-refractivity contribution is 0.668. The van der Waals surface area contributed by atoms with E-state index in [4.69, 9.17) is 16.9 Å². The molecule has 0 amide bonds. The van der Waals surface area contributed by atoms with Gasteiger partial charge in [0.2, 0.25) is 0 Å². The van der Waals surface area contributed by atoms with Gasteiger partial charge in [0, 0.05) is 18.0 Å². The van der Waals surface area contributed by atoms with Crippen molar-refractivity contribution in [2.45, 2.75) is 12.5 Å². The van der Waals surface area contributed by atoms with Crippen LogP contribution in [0, 0.1) is 5.41 Å². The van der Waals surface area contributed by atoms with Crippen molar-refractivity contribution in [1.29, 1.82) is 5.41 Å². The third-order valence-electron chi connectivity index (χ3n) is 4.04. The Kier molecular flexibility index (Phi) is 4.72. The molecule has 0 radical (unpaired) electrons. The Morgan fingerprint density at radius 1 is 1.24 bits per heavy atom. The van der Waals surface area contributed by atoms with Crippen LogP contribution in [0.1, 0.15) is 23.0 Å². The molecular formula is C19H19N5O. The van der Waals surface area contributed by atoms with Crippen molar-refractivity contribution in [3.63, 3.8) is 0 Å². The maximum Gasteiger partial charge on any atom is 0.258 e. The van der Waals surface area contributed by atoms with Crippen molar-refractivity contribution >= 4 is 22.7 Å². The number of H-pyrrole nitrogens is 1. The molecule has 126 valence electrons. The van der Waals surface area contributed by atoms with E-state index in [2.05, 4.69) is 9.97 Å². The average Bonchev–Trinajstić information content (AvgIpc) is 2.63. The zero-order valence-corrected chi connectivity index (χ0v) is 13.6. The topological polar surface area (TPSA) is 122 Å². The Balaban J connectivity index is 1.98. The zero-order chi connectivity index (χ0) is 17.8. The van der Waals surface area contributed by atoms with E-state index in [-0.39, 0.29) is 5.56 Å². The van der Waals surface area contributed by atoms with Crippen LogP contribution in [-0.2, 0) is 6.42 Å². The van der Waals surface area contributed by atoms with Crippen molar-refractivity contribution in [2.24, 2.45) is 11.5 Å². The molecule has 0 fully saturated rings. The number of nitrogens with one attached hydrogen (secondary N) is 2. The molecule has 0 aliphatic carbocycles. The van der Waals surface area contributed by atoms with Crippen molar-refractivity contribution in [3.8, 4) is 0 Å². The molecule has 0 aliphatic heterocycles. The number of nitrogens with zero attached hydrogens (tertiary/aromatic N) is 1. The van der Waals surface area contributed by atoms with Gasteiger partial charge in [0.1, 0.15) is 5.82 Å². The number of aromatic nitrogens is 2. The van der Waals surface area contributed by atoms with E-state index in [0.717, 1.165) is 11.8 Å². The van der Waals surface area contributed by atoms with Gasteiger partial charge in [0.05, 0.1) is 16.9 Å². The largest absolute Gasteiger partial charge is 0.404 e. The summed E-state index contributed by atoms with van der Waals surface area (Å²) in [5.74, 6) is 0.454. The van der Waals surface area contributed by atoms with Gasteiger partial charge < -0.3 is 21.9 Å². The summed E-state index contributed by atoms with van der Waals surface area (Å²) in [6, 6.07) is 14.6. The van der Waals surface area contributed by atoms with Crippen molar-refractivity contribution in [1.82, 2.24) is 9.97 Å². The highest BCUT2D eigenvalue weighted by Gasteiger charge is 2.13. The van der Waals surface area contributed by atoms with Gasteiger partial charge in [-0.25, -0.2) is 4.98 Å². The Labute approximate surface area is 144 Å². The summed E-state index contributed by atoms with van der Waals surface area (Å²) in [6.07, 6.45) is 3.06. The van der Waals surface area contributed by atoms with Gasteiger partial charge in [-0.3, -0.25) is 4.79 Å². The number of hydrogen-bond donors (Lipinski definition) is 4. The quantitative estimate of drug-likeness (QED) is 0.534. The minimum atomic E-state index is -0.403. The summed E-state index contributed by atoms with van der Waals surface area (Å²) >= 11 is 0.